The monoisotopic (exact) mass is 480 g/mol. The van der Waals surface area contributed by atoms with Crippen LogP contribution in [0.15, 0.2) is 63.5 Å². The van der Waals surface area contributed by atoms with Crippen LogP contribution in [0.25, 0.3) is 11.0 Å². The van der Waals surface area contributed by atoms with Gasteiger partial charge in [-0.15, -0.1) is 0 Å². The van der Waals surface area contributed by atoms with Gasteiger partial charge in [-0.1, -0.05) is 38.1 Å². The fourth-order valence-corrected chi connectivity index (χ4v) is 4.10. The van der Waals surface area contributed by atoms with Gasteiger partial charge in [0.05, 0.1) is 18.7 Å². The third kappa shape index (κ3) is 6.01. The second kappa shape index (κ2) is 11.9. The number of amides is 1. The van der Waals surface area contributed by atoms with Crippen molar-refractivity contribution >= 4 is 16.9 Å². The van der Waals surface area contributed by atoms with Crippen LogP contribution in [0, 0.1) is 5.82 Å². The van der Waals surface area contributed by atoms with Crippen molar-refractivity contribution in [1.82, 2.24) is 20.3 Å². The molecule has 0 unspecified atom stereocenters. The number of nitrogens with zero attached hydrogens (tertiary/aromatic N) is 2. The molecular formula is C27H33FN4O3. The van der Waals surface area contributed by atoms with Crippen molar-refractivity contribution in [2.24, 2.45) is 0 Å². The first-order valence-corrected chi connectivity index (χ1v) is 11.9. The molecule has 0 saturated heterocycles. The van der Waals surface area contributed by atoms with E-state index in [0.717, 1.165) is 23.1 Å². The van der Waals surface area contributed by atoms with Crippen molar-refractivity contribution in [1.29, 1.82) is 0 Å². The molecule has 3 rings (SSSR count). The molecule has 0 spiro atoms. The lowest BCUT2D eigenvalue weighted by Crippen LogP contribution is -2.30. The average molecular weight is 481 g/mol. The second-order valence-electron chi connectivity index (χ2n) is 8.30. The van der Waals surface area contributed by atoms with E-state index in [1.54, 1.807) is 24.2 Å². The number of H-pyrrole nitrogens is 1. The number of nitrogens with one attached hydrogen (secondary N) is 2. The summed E-state index contributed by atoms with van der Waals surface area (Å²) in [7, 11) is 1.62. The van der Waals surface area contributed by atoms with E-state index in [1.807, 2.05) is 45.9 Å². The summed E-state index contributed by atoms with van der Waals surface area (Å²) >= 11 is 0. The number of carbonyl (C=O) groups excluding carboxylic acids is 1. The van der Waals surface area contributed by atoms with Gasteiger partial charge in [0.2, 0.25) is 0 Å². The lowest BCUT2D eigenvalue weighted by atomic mass is 9.96. The molecule has 1 aliphatic rings. The molecule has 2 heterocycles. The highest BCUT2D eigenvalue weighted by Crippen LogP contribution is 2.25. The van der Waals surface area contributed by atoms with Crippen molar-refractivity contribution in [3.63, 3.8) is 0 Å². The van der Waals surface area contributed by atoms with Crippen LogP contribution >= 0.6 is 0 Å². The average Bonchev–Trinajstić information content (AvgIpc) is 2.86. The van der Waals surface area contributed by atoms with Crippen molar-refractivity contribution in [3.8, 4) is 0 Å². The molecule has 0 aliphatic carbocycles. The summed E-state index contributed by atoms with van der Waals surface area (Å²) < 4.78 is 15.1. The van der Waals surface area contributed by atoms with Crippen LogP contribution in [0.1, 0.15) is 45.4 Å². The molecule has 0 atom stereocenters. The quantitative estimate of drug-likeness (QED) is 0.435. The maximum atomic E-state index is 15.1. The van der Waals surface area contributed by atoms with Crippen LogP contribution in [0.4, 0.5) is 4.39 Å². The summed E-state index contributed by atoms with van der Waals surface area (Å²) in [5.74, 6) is -0.618. The Morgan fingerprint density at radius 2 is 2.11 bits per heavy atom. The number of likely N-dealkylation sites (N-methyl/N-ethyl adjacent to an activating group) is 1. The van der Waals surface area contributed by atoms with Crippen LogP contribution in [0.3, 0.4) is 0 Å². The summed E-state index contributed by atoms with van der Waals surface area (Å²) in [6, 6.07) is 3.39. The van der Waals surface area contributed by atoms with E-state index in [1.165, 1.54) is 0 Å². The molecule has 1 aromatic carbocycles. The number of hydroxylamine groups is 2. The van der Waals surface area contributed by atoms with Gasteiger partial charge in [-0.05, 0) is 55.6 Å². The first-order chi connectivity index (χ1) is 16.8. The highest BCUT2D eigenvalue weighted by atomic mass is 19.1. The van der Waals surface area contributed by atoms with Gasteiger partial charge in [-0.3, -0.25) is 14.4 Å². The largest absolute Gasteiger partial charge is 0.355 e. The van der Waals surface area contributed by atoms with Gasteiger partial charge in [0.15, 0.2) is 5.82 Å². The van der Waals surface area contributed by atoms with E-state index in [9.17, 15) is 9.59 Å². The van der Waals surface area contributed by atoms with Gasteiger partial charge >= 0.3 is 0 Å². The van der Waals surface area contributed by atoms with E-state index >= 15 is 4.39 Å². The second-order valence-corrected chi connectivity index (χ2v) is 8.30. The molecule has 0 radical (unpaired) electrons. The zero-order valence-electron chi connectivity index (χ0n) is 21.0. The maximum Gasteiger partial charge on any atom is 0.270 e. The van der Waals surface area contributed by atoms with Gasteiger partial charge in [0.25, 0.3) is 11.5 Å². The summed E-state index contributed by atoms with van der Waals surface area (Å²) in [5, 5.41) is 4.35. The van der Waals surface area contributed by atoms with Crippen molar-refractivity contribution in [2.75, 3.05) is 20.2 Å². The fourth-order valence-electron chi connectivity index (χ4n) is 4.10. The van der Waals surface area contributed by atoms with E-state index in [0.29, 0.717) is 41.9 Å². The van der Waals surface area contributed by atoms with E-state index in [2.05, 4.69) is 21.4 Å². The molecule has 2 aromatic rings. The van der Waals surface area contributed by atoms with Crippen molar-refractivity contribution in [2.45, 2.75) is 47.1 Å². The number of benzene rings is 1. The first kappa shape index (κ1) is 26.2. The lowest BCUT2D eigenvalue weighted by molar-refractivity contribution is -0.156. The SMILES string of the molecule is C\C=C(C1=CCN(Cc2ccc3nc(CC)c(=O)[nH]c3c2F)OC1)/C(C)=C\C(=C\CC)C(=O)NC. The summed E-state index contributed by atoms with van der Waals surface area (Å²) in [6.45, 7) is 8.76. The van der Waals surface area contributed by atoms with E-state index in [-0.39, 0.29) is 23.5 Å². The Labute approximate surface area is 205 Å². The van der Waals surface area contributed by atoms with Gasteiger partial charge in [0, 0.05) is 24.7 Å². The summed E-state index contributed by atoms with van der Waals surface area (Å²) in [4.78, 5) is 37.1. The summed E-state index contributed by atoms with van der Waals surface area (Å²) in [6.07, 6.45) is 9.07. The molecule has 1 aliphatic heterocycles. The van der Waals surface area contributed by atoms with Crippen LogP contribution in [-0.2, 0) is 22.6 Å². The number of carbonyl (C=O) groups is 1. The molecule has 186 valence electrons. The molecule has 0 saturated carbocycles. The van der Waals surface area contributed by atoms with Gasteiger partial charge < -0.3 is 10.3 Å². The smallest absolute Gasteiger partial charge is 0.270 e. The zero-order chi connectivity index (χ0) is 25.5. The Kier molecular flexibility index (Phi) is 8.89. The number of aromatic nitrogens is 2. The van der Waals surface area contributed by atoms with E-state index < -0.39 is 5.82 Å². The number of allylic oxidation sites excluding steroid dienone is 3. The molecule has 0 bridgehead atoms. The minimum atomic E-state index is -0.495. The Balaban J connectivity index is 1.77. The molecule has 35 heavy (non-hydrogen) atoms. The molecule has 8 heteroatoms. The van der Waals surface area contributed by atoms with Crippen molar-refractivity contribution < 1.29 is 14.0 Å². The third-order valence-electron chi connectivity index (χ3n) is 5.93. The standard InChI is InChI=1S/C27H33FN4O3/c1-6-9-18(26(33)29-5)14-17(4)21(7-2)20-12-13-32(35-16-20)15-19-10-11-23-25(24(19)28)31-27(34)22(8-3)30-23/h7,9-12,14H,6,8,13,15-16H2,1-5H3,(H,29,33)(H,31,34)/b17-14-,18-9-,21-7+. The lowest BCUT2D eigenvalue weighted by Gasteiger charge is -2.27. The molecule has 2 N–H and O–H groups in total. The van der Waals surface area contributed by atoms with Crippen LogP contribution in [-0.4, -0.2) is 41.1 Å². The molecule has 0 fully saturated rings. The normalized spacial score (nSPS) is 15.9. The number of halogens is 1. The van der Waals surface area contributed by atoms with Gasteiger partial charge in [-0.25, -0.2) is 9.37 Å². The highest BCUT2D eigenvalue weighted by Gasteiger charge is 2.19. The highest BCUT2D eigenvalue weighted by molar-refractivity contribution is 5.96. The van der Waals surface area contributed by atoms with Crippen LogP contribution < -0.4 is 10.9 Å². The van der Waals surface area contributed by atoms with Crippen molar-refractivity contribution in [3.05, 3.63) is 86.2 Å². The Morgan fingerprint density at radius 3 is 2.71 bits per heavy atom. The third-order valence-corrected chi connectivity index (χ3v) is 5.93. The van der Waals surface area contributed by atoms with Crippen LogP contribution in [0.2, 0.25) is 0 Å². The van der Waals surface area contributed by atoms with Crippen LogP contribution in [0.5, 0.6) is 0 Å². The Hall–Kier alpha value is -3.36. The molecule has 7 nitrogen and oxygen atoms in total. The molecule has 1 amide bonds. The number of aryl methyl sites for hydroxylation is 1. The minimum absolute atomic E-state index is 0.113. The molecule has 1 aromatic heterocycles. The molecular weight excluding hydrogens is 447 g/mol. The zero-order valence-corrected chi connectivity index (χ0v) is 21.0. The predicted molar refractivity (Wildman–Crippen MR) is 136 cm³/mol. The first-order valence-electron chi connectivity index (χ1n) is 11.9. The number of hydrogen-bond acceptors (Lipinski definition) is 5. The maximum absolute atomic E-state index is 15.1. The Bertz CT molecular complexity index is 1290. The minimum Gasteiger partial charge on any atom is -0.355 e. The Morgan fingerprint density at radius 1 is 1.34 bits per heavy atom. The topological polar surface area (TPSA) is 87.3 Å². The number of fused-ring (bicyclic) bond motifs is 1. The fraction of sp³-hybridized carbons (Fsp3) is 0.370. The number of aromatic amines is 1. The number of hydrogen-bond donors (Lipinski definition) is 2. The summed E-state index contributed by atoms with van der Waals surface area (Å²) in [5.41, 5.74) is 4.57. The van der Waals surface area contributed by atoms with Gasteiger partial charge in [-0.2, -0.15) is 5.06 Å². The predicted octanol–water partition coefficient (Wildman–Crippen LogP) is 4.27. The van der Waals surface area contributed by atoms with Gasteiger partial charge in [0.1, 0.15) is 11.2 Å². The number of rotatable bonds is 8. The van der Waals surface area contributed by atoms with E-state index in [4.69, 9.17) is 4.84 Å².